The zero-order chi connectivity index (χ0) is 18.2. The molecule has 0 spiro atoms. The maximum absolute atomic E-state index is 12.7. The van der Waals surface area contributed by atoms with Crippen LogP contribution in [0.4, 0.5) is 13.2 Å². The van der Waals surface area contributed by atoms with Gasteiger partial charge < -0.3 is 10.4 Å². The Morgan fingerprint density at radius 3 is 2.52 bits per heavy atom. The molecule has 1 aliphatic heterocycles. The molecule has 1 fully saturated rings. The van der Waals surface area contributed by atoms with Crippen molar-refractivity contribution in [2.24, 2.45) is 0 Å². The molecular formula is C17H21F3N4O. The molecule has 1 aromatic carbocycles. The Bertz CT molecular complexity index is 728. The van der Waals surface area contributed by atoms with Gasteiger partial charge in [-0.25, -0.2) is 0 Å². The smallest absolute Gasteiger partial charge is 0.385 e. The number of benzene rings is 1. The fraction of sp³-hybridized carbons (Fsp3) is 0.529. The van der Waals surface area contributed by atoms with Gasteiger partial charge in [0.25, 0.3) is 0 Å². The Morgan fingerprint density at radius 1 is 1.28 bits per heavy atom. The van der Waals surface area contributed by atoms with Gasteiger partial charge in [0.1, 0.15) is 0 Å². The first kappa shape index (κ1) is 17.9. The zero-order valence-corrected chi connectivity index (χ0v) is 14.1. The van der Waals surface area contributed by atoms with Gasteiger partial charge in [-0.15, -0.1) is 5.10 Å². The molecule has 2 heterocycles. The standard InChI is InChI=1S/C17H21F3N4O/c1-3-24-10-15(22-23-24)14-9-16(25,8-11(2)21-14)12-4-6-13(7-5-12)17(18,19)20/h4-7,10-11,14,21,25H,3,8-9H2,1-2H3/t11-,14-,16?/m0/s1/i9+1. The minimum absolute atomic E-state index is 0.0159. The summed E-state index contributed by atoms with van der Waals surface area (Å²) in [6.45, 7) is 4.58. The summed E-state index contributed by atoms with van der Waals surface area (Å²) in [5, 5.41) is 22.7. The molecule has 136 valence electrons. The lowest BCUT2D eigenvalue weighted by atomic mass is 9.87. The second kappa shape index (κ2) is 6.42. The molecule has 8 heteroatoms. The first-order valence-electron chi connectivity index (χ1n) is 8.27. The van der Waals surface area contributed by atoms with Crippen LogP contribution in [0.15, 0.2) is 30.5 Å². The average molecular weight is 355 g/mol. The molecule has 0 aliphatic carbocycles. The predicted molar refractivity (Wildman–Crippen MR) is 85.6 cm³/mol. The van der Waals surface area contributed by atoms with E-state index >= 15 is 0 Å². The number of aromatic nitrogens is 3. The highest BCUT2D eigenvalue weighted by atomic mass is 19.4. The van der Waals surface area contributed by atoms with Crippen LogP contribution in [0.1, 0.15) is 49.6 Å². The van der Waals surface area contributed by atoms with Gasteiger partial charge in [-0.3, -0.25) is 4.68 Å². The van der Waals surface area contributed by atoms with Crippen molar-refractivity contribution in [1.82, 2.24) is 20.3 Å². The molecule has 2 N–H and O–H groups in total. The Kier molecular flexibility index (Phi) is 4.59. The van der Waals surface area contributed by atoms with Crippen LogP contribution in [0.2, 0.25) is 0 Å². The number of alkyl halides is 3. The van der Waals surface area contributed by atoms with E-state index in [4.69, 9.17) is 0 Å². The van der Waals surface area contributed by atoms with E-state index in [1.54, 1.807) is 4.68 Å². The van der Waals surface area contributed by atoms with Gasteiger partial charge in [-0.05, 0) is 38.0 Å². The second-order valence-electron chi connectivity index (χ2n) is 6.63. The van der Waals surface area contributed by atoms with E-state index < -0.39 is 17.3 Å². The monoisotopic (exact) mass is 355 g/mol. The van der Waals surface area contributed by atoms with Crippen LogP contribution in [0.5, 0.6) is 0 Å². The fourth-order valence-electron chi connectivity index (χ4n) is 3.41. The molecule has 0 amide bonds. The van der Waals surface area contributed by atoms with Crippen molar-refractivity contribution < 1.29 is 18.3 Å². The third-order valence-corrected chi connectivity index (χ3v) is 4.66. The Hall–Kier alpha value is -1.93. The van der Waals surface area contributed by atoms with Gasteiger partial charge in [0, 0.05) is 19.0 Å². The summed E-state index contributed by atoms with van der Waals surface area (Å²) in [6, 6.07) is 4.53. The number of piperidine rings is 1. The van der Waals surface area contributed by atoms with Crippen molar-refractivity contribution >= 4 is 0 Å². The van der Waals surface area contributed by atoms with Gasteiger partial charge in [-0.1, -0.05) is 17.3 Å². The maximum Gasteiger partial charge on any atom is 0.416 e. The van der Waals surface area contributed by atoms with E-state index in [1.165, 1.54) is 12.1 Å². The van der Waals surface area contributed by atoms with Crippen LogP contribution >= 0.6 is 0 Å². The normalized spacial score (nSPS) is 27.4. The van der Waals surface area contributed by atoms with E-state index in [2.05, 4.69) is 15.6 Å². The highest BCUT2D eigenvalue weighted by Gasteiger charge is 2.40. The van der Waals surface area contributed by atoms with Crippen LogP contribution in [0.3, 0.4) is 0 Å². The topological polar surface area (TPSA) is 63.0 Å². The van der Waals surface area contributed by atoms with Gasteiger partial charge in [0.2, 0.25) is 0 Å². The first-order valence-corrected chi connectivity index (χ1v) is 8.27. The number of hydrogen-bond donors (Lipinski definition) is 2. The average Bonchev–Trinajstić information content (AvgIpc) is 3.02. The molecule has 5 nitrogen and oxygen atoms in total. The summed E-state index contributed by atoms with van der Waals surface area (Å²) in [6.07, 6.45) is -1.82. The molecule has 1 saturated heterocycles. The third kappa shape index (κ3) is 3.69. The molecule has 1 unspecified atom stereocenters. The lowest BCUT2D eigenvalue weighted by molar-refractivity contribution is -0.137. The van der Waals surface area contributed by atoms with Crippen molar-refractivity contribution in [3.63, 3.8) is 0 Å². The van der Waals surface area contributed by atoms with Crippen molar-refractivity contribution in [3.8, 4) is 0 Å². The molecule has 0 bridgehead atoms. The van der Waals surface area contributed by atoms with E-state index in [0.29, 0.717) is 24.9 Å². The van der Waals surface area contributed by atoms with Crippen LogP contribution in [0.25, 0.3) is 0 Å². The highest BCUT2D eigenvalue weighted by molar-refractivity contribution is 5.30. The lowest BCUT2D eigenvalue weighted by Gasteiger charge is -2.40. The van der Waals surface area contributed by atoms with E-state index in [-0.39, 0.29) is 12.1 Å². The Morgan fingerprint density at radius 2 is 1.96 bits per heavy atom. The summed E-state index contributed by atoms with van der Waals surface area (Å²) in [4.78, 5) is 0. The molecule has 2 aromatic rings. The summed E-state index contributed by atoms with van der Waals surface area (Å²) in [5.41, 5.74) is -0.722. The summed E-state index contributed by atoms with van der Waals surface area (Å²) < 4.78 is 39.9. The van der Waals surface area contributed by atoms with Crippen molar-refractivity contribution in [3.05, 3.63) is 47.3 Å². The summed E-state index contributed by atoms with van der Waals surface area (Å²) in [7, 11) is 0. The molecular weight excluding hydrogens is 334 g/mol. The third-order valence-electron chi connectivity index (χ3n) is 4.66. The number of nitrogens with one attached hydrogen (secondary N) is 1. The first-order chi connectivity index (χ1) is 11.7. The van der Waals surface area contributed by atoms with Crippen molar-refractivity contribution in [2.75, 3.05) is 0 Å². The predicted octanol–water partition coefficient (Wildman–Crippen LogP) is 3.02. The minimum atomic E-state index is -4.39. The Balaban J connectivity index is 1.86. The maximum atomic E-state index is 12.7. The lowest BCUT2D eigenvalue weighted by Crippen LogP contribution is -2.47. The SMILES string of the molecule is CCn1cc([C@@H]2[13CH2]C(O)(c3ccc(C(F)(F)F)cc3)C[C@H](C)N2)nn1. The largest absolute Gasteiger partial charge is 0.416 e. The van der Waals surface area contributed by atoms with Gasteiger partial charge in [0.05, 0.1) is 29.1 Å². The van der Waals surface area contributed by atoms with E-state index in [0.717, 1.165) is 17.8 Å². The molecule has 3 atom stereocenters. The molecule has 0 radical (unpaired) electrons. The van der Waals surface area contributed by atoms with Crippen LogP contribution < -0.4 is 5.32 Å². The molecule has 25 heavy (non-hydrogen) atoms. The second-order valence-corrected chi connectivity index (χ2v) is 6.63. The molecule has 3 rings (SSSR count). The van der Waals surface area contributed by atoms with Gasteiger partial charge >= 0.3 is 6.18 Å². The summed E-state index contributed by atoms with van der Waals surface area (Å²) in [5.74, 6) is 0. The minimum Gasteiger partial charge on any atom is -0.385 e. The number of hydrogen-bond acceptors (Lipinski definition) is 4. The number of rotatable bonds is 3. The summed E-state index contributed by atoms with van der Waals surface area (Å²) >= 11 is 0. The molecule has 1 aliphatic rings. The molecule has 0 saturated carbocycles. The van der Waals surface area contributed by atoms with Gasteiger partial charge in [0.15, 0.2) is 0 Å². The van der Waals surface area contributed by atoms with Crippen molar-refractivity contribution in [1.29, 1.82) is 0 Å². The number of nitrogens with zero attached hydrogens (tertiary/aromatic N) is 3. The van der Waals surface area contributed by atoms with E-state index in [9.17, 15) is 18.3 Å². The zero-order valence-electron chi connectivity index (χ0n) is 14.1. The number of aliphatic hydroxyl groups is 1. The van der Waals surface area contributed by atoms with Gasteiger partial charge in [-0.2, -0.15) is 13.2 Å². The van der Waals surface area contributed by atoms with Crippen LogP contribution in [0, 0.1) is 0 Å². The number of aryl methyl sites for hydroxylation is 1. The quantitative estimate of drug-likeness (QED) is 0.831. The fourth-order valence-corrected chi connectivity index (χ4v) is 3.41. The van der Waals surface area contributed by atoms with Crippen LogP contribution in [-0.4, -0.2) is 26.1 Å². The Labute approximate surface area is 143 Å². The van der Waals surface area contributed by atoms with Crippen LogP contribution in [-0.2, 0) is 18.3 Å². The molecule has 1 aromatic heterocycles. The van der Waals surface area contributed by atoms with Crippen molar-refractivity contribution in [2.45, 2.75) is 57.1 Å². The van der Waals surface area contributed by atoms with E-state index in [1.807, 2.05) is 20.0 Å². The highest BCUT2D eigenvalue weighted by Crippen LogP contribution is 2.40. The number of halogens is 3.